The Hall–Kier alpha value is -1.90. The van der Waals surface area contributed by atoms with Crippen LogP contribution in [0.5, 0.6) is 0 Å². The molecule has 0 amide bonds. The predicted molar refractivity (Wildman–Crippen MR) is 82.0 cm³/mol. The van der Waals surface area contributed by atoms with E-state index >= 15 is 0 Å². The minimum absolute atomic E-state index is 0.0595. The number of rotatable bonds is 3. The second kappa shape index (κ2) is 5.47. The fourth-order valence-electron chi connectivity index (χ4n) is 3.12. The summed E-state index contributed by atoms with van der Waals surface area (Å²) in [6.45, 7) is 1.97. The molecule has 0 aromatic heterocycles. The van der Waals surface area contributed by atoms with Gasteiger partial charge < -0.3 is 5.32 Å². The maximum atomic E-state index is 14.3. The van der Waals surface area contributed by atoms with Gasteiger partial charge in [-0.25, -0.2) is 8.78 Å². The first-order valence-electron chi connectivity index (χ1n) is 7.32. The fraction of sp³-hybridized carbons (Fsp3) is 0.333. The molecule has 0 unspecified atom stereocenters. The minimum Gasteiger partial charge on any atom is -0.381 e. The first-order chi connectivity index (χ1) is 10.1. The third-order valence-corrected chi connectivity index (χ3v) is 4.21. The smallest absolute Gasteiger partial charge is 0.256 e. The lowest BCUT2D eigenvalue weighted by Crippen LogP contribution is -2.31. The van der Waals surface area contributed by atoms with E-state index < -0.39 is 11.8 Å². The summed E-state index contributed by atoms with van der Waals surface area (Å²) in [6.07, 6.45) is 0.427. The van der Waals surface area contributed by atoms with E-state index in [-0.39, 0.29) is 12.5 Å². The molecule has 3 rings (SSSR count). The van der Waals surface area contributed by atoms with Crippen molar-refractivity contribution in [2.45, 2.75) is 37.6 Å². The average Bonchev–Trinajstić information content (AvgIpc) is 2.76. The topological polar surface area (TPSA) is 12.0 Å². The Kier molecular flexibility index (Phi) is 3.66. The van der Waals surface area contributed by atoms with Crippen LogP contribution in [0.15, 0.2) is 54.6 Å². The summed E-state index contributed by atoms with van der Waals surface area (Å²) in [4.78, 5) is 0. The van der Waals surface area contributed by atoms with Crippen LogP contribution in [0.2, 0.25) is 0 Å². The van der Waals surface area contributed by atoms with E-state index in [4.69, 9.17) is 0 Å². The second-order valence-corrected chi connectivity index (χ2v) is 5.80. The summed E-state index contributed by atoms with van der Waals surface area (Å²) >= 11 is 0. The zero-order chi connectivity index (χ0) is 14.9. The third-order valence-electron chi connectivity index (χ3n) is 4.21. The maximum absolute atomic E-state index is 14.3. The van der Waals surface area contributed by atoms with Gasteiger partial charge >= 0.3 is 0 Å². The molecule has 0 bridgehead atoms. The van der Waals surface area contributed by atoms with Gasteiger partial charge in [0.05, 0.1) is 5.92 Å². The molecule has 1 fully saturated rings. The highest BCUT2D eigenvalue weighted by Gasteiger charge is 2.50. The molecule has 110 valence electrons. The number of nitrogens with one attached hydrogen (secondary N) is 1. The molecule has 2 aromatic rings. The standard InChI is InChI=1S/C18H19F2N/c1-13-7-9-14(10-8-13)17-16(11-12-18(17,19)20)21-15-5-3-2-4-6-15/h2-10,16-17,21H,11-12H2,1H3/t16-,17+/m1/s1. The molecule has 1 nitrogen and oxygen atoms in total. The maximum Gasteiger partial charge on any atom is 0.256 e. The number of hydrogen-bond acceptors (Lipinski definition) is 1. The SMILES string of the molecule is Cc1ccc([C@H]2[C@H](Nc3ccccc3)CCC2(F)F)cc1. The molecule has 1 saturated carbocycles. The summed E-state index contributed by atoms with van der Waals surface area (Å²) in [5.74, 6) is -3.42. The Morgan fingerprint density at radius 1 is 1.00 bits per heavy atom. The number of benzene rings is 2. The van der Waals surface area contributed by atoms with E-state index in [0.29, 0.717) is 6.42 Å². The van der Waals surface area contributed by atoms with Gasteiger partial charge in [-0.3, -0.25) is 0 Å². The predicted octanol–water partition coefficient (Wildman–Crippen LogP) is 4.99. The third kappa shape index (κ3) is 2.92. The second-order valence-electron chi connectivity index (χ2n) is 5.80. The minimum atomic E-state index is -2.65. The van der Waals surface area contributed by atoms with Crippen LogP contribution in [0.3, 0.4) is 0 Å². The lowest BCUT2D eigenvalue weighted by molar-refractivity contribution is -0.0101. The summed E-state index contributed by atoms with van der Waals surface area (Å²) in [6, 6.07) is 16.8. The van der Waals surface area contributed by atoms with Crippen molar-refractivity contribution in [3.05, 3.63) is 65.7 Å². The molecule has 21 heavy (non-hydrogen) atoms. The molecule has 0 saturated heterocycles. The van der Waals surface area contributed by atoms with Crippen LogP contribution in [0.1, 0.15) is 29.9 Å². The molecule has 2 aromatic carbocycles. The van der Waals surface area contributed by atoms with E-state index in [9.17, 15) is 8.78 Å². The van der Waals surface area contributed by atoms with Crippen LogP contribution in [-0.2, 0) is 0 Å². The van der Waals surface area contributed by atoms with Crippen molar-refractivity contribution in [3.63, 3.8) is 0 Å². The Balaban J connectivity index is 1.87. The van der Waals surface area contributed by atoms with Crippen LogP contribution in [-0.4, -0.2) is 12.0 Å². The van der Waals surface area contributed by atoms with Gasteiger partial charge in [0, 0.05) is 18.2 Å². The Bertz CT molecular complexity index is 592. The first kappa shape index (κ1) is 14.1. The van der Waals surface area contributed by atoms with Gasteiger partial charge in [-0.15, -0.1) is 0 Å². The average molecular weight is 287 g/mol. The summed E-state index contributed by atoms with van der Waals surface area (Å²) in [5.41, 5.74) is 2.71. The molecule has 2 atom stereocenters. The number of aryl methyl sites for hydroxylation is 1. The van der Waals surface area contributed by atoms with Crippen LogP contribution in [0.25, 0.3) is 0 Å². The number of hydrogen-bond donors (Lipinski definition) is 1. The molecule has 1 aliphatic rings. The Morgan fingerprint density at radius 2 is 1.67 bits per heavy atom. The fourth-order valence-corrected chi connectivity index (χ4v) is 3.12. The molecular weight excluding hydrogens is 268 g/mol. The molecule has 0 aliphatic heterocycles. The number of halogens is 2. The highest BCUT2D eigenvalue weighted by atomic mass is 19.3. The quantitative estimate of drug-likeness (QED) is 0.838. The van der Waals surface area contributed by atoms with Gasteiger partial charge in [0.2, 0.25) is 0 Å². The van der Waals surface area contributed by atoms with Crippen molar-refractivity contribution in [1.82, 2.24) is 0 Å². The molecule has 1 N–H and O–H groups in total. The Morgan fingerprint density at radius 3 is 2.33 bits per heavy atom. The molecule has 1 aliphatic carbocycles. The lowest BCUT2D eigenvalue weighted by Gasteiger charge is -2.26. The van der Waals surface area contributed by atoms with Gasteiger partial charge in [-0.2, -0.15) is 0 Å². The normalized spacial score (nSPS) is 24.0. The van der Waals surface area contributed by atoms with Crippen molar-refractivity contribution in [3.8, 4) is 0 Å². The largest absolute Gasteiger partial charge is 0.381 e. The van der Waals surface area contributed by atoms with Gasteiger partial charge in [-0.05, 0) is 31.0 Å². The van der Waals surface area contributed by atoms with Gasteiger partial charge in [-0.1, -0.05) is 48.0 Å². The van der Waals surface area contributed by atoms with E-state index in [1.807, 2.05) is 61.5 Å². The lowest BCUT2D eigenvalue weighted by atomic mass is 9.91. The molecule has 3 heteroatoms. The van der Waals surface area contributed by atoms with Crippen molar-refractivity contribution < 1.29 is 8.78 Å². The molecule has 0 spiro atoms. The highest BCUT2D eigenvalue weighted by molar-refractivity contribution is 5.45. The zero-order valence-electron chi connectivity index (χ0n) is 12.0. The number of alkyl halides is 2. The number of anilines is 1. The van der Waals surface area contributed by atoms with E-state index in [2.05, 4.69) is 5.32 Å². The number of para-hydroxylation sites is 1. The van der Waals surface area contributed by atoms with E-state index in [1.54, 1.807) is 0 Å². The van der Waals surface area contributed by atoms with Gasteiger partial charge in [0.1, 0.15) is 0 Å². The zero-order valence-corrected chi connectivity index (χ0v) is 12.0. The molecule has 0 radical (unpaired) electrons. The first-order valence-corrected chi connectivity index (χ1v) is 7.32. The van der Waals surface area contributed by atoms with Crippen molar-refractivity contribution in [1.29, 1.82) is 0 Å². The summed E-state index contributed by atoms with van der Waals surface area (Å²) in [7, 11) is 0. The summed E-state index contributed by atoms with van der Waals surface area (Å²) < 4.78 is 28.6. The van der Waals surface area contributed by atoms with Crippen molar-refractivity contribution in [2.24, 2.45) is 0 Å². The van der Waals surface area contributed by atoms with Crippen LogP contribution >= 0.6 is 0 Å². The van der Waals surface area contributed by atoms with Crippen molar-refractivity contribution >= 4 is 5.69 Å². The molecular formula is C18H19F2N. The van der Waals surface area contributed by atoms with Crippen LogP contribution in [0.4, 0.5) is 14.5 Å². The van der Waals surface area contributed by atoms with E-state index in [0.717, 1.165) is 16.8 Å². The molecule has 0 heterocycles. The summed E-state index contributed by atoms with van der Waals surface area (Å²) in [5, 5.41) is 3.28. The van der Waals surface area contributed by atoms with Gasteiger partial charge in [0.25, 0.3) is 5.92 Å². The monoisotopic (exact) mass is 287 g/mol. The Labute approximate surface area is 124 Å². The van der Waals surface area contributed by atoms with Crippen molar-refractivity contribution in [2.75, 3.05) is 5.32 Å². The van der Waals surface area contributed by atoms with Crippen LogP contribution < -0.4 is 5.32 Å². The van der Waals surface area contributed by atoms with Gasteiger partial charge in [0.15, 0.2) is 0 Å². The highest BCUT2D eigenvalue weighted by Crippen LogP contribution is 2.47. The van der Waals surface area contributed by atoms with E-state index in [1.165, 1.54) is 0 Å². The van der Waals surface area contributed by atoms with Crippen LogP contribution in [0, 0.1) is 6.92 Å².